The Morgan fingerprint density at radius 3 is 2.14 bits per heavy atom. The fourth-order valence-electron chi connectivity index (χ4n) is 6.74. The van der Waals surface area contributed by atoms with Gasteiger partial charge in [-0.2, -0.15) is 0 Å². The van der Waals surface area contributed by atoms with E-state index in [0.29, 0.717) is 6.42 Å². The van der Waals surface area contributed by atoms with E-state index in [4.69, 9.17) is 25.8 Å². The van der Waals surface area contributed by atoms with Gasteiger partial charge >= 0.3 is 5.97 Å². The number of aliphatic hydroxyl groups excluding tert-OH is 4. The van der Waals surface area contributed by atoms with Crippen molar-refractivity contribution in [2.45, 2.75) is 141 Å². The predicted molar refractivity (Wildman–Crippen MR) is 158 cm³/mol. The molecule has 252 valence electrons. The lowest BCUT2D eigenvalue weighted by Crippen LogP contribution is -2.61. The first-order valence-corrected chi connectivity index (χ1v) is 15.8. The Hall–Kier alpha value is -1.09. The standard InChI is InChI=1S/C30H54ClNO11/c1-10-20-30(8,40)25(37)16(4)22(34)14(2)12-29(7,39)26(17(5)23(35)18(6)27(38)42-20)43-28-24(36)19(11-15(3)41-28)32(9)21(33)13-31/h14-20,22-26,28,34-37,39-40H,10-13H2,1-9H3/t14-,15+,16+,17-,18+,19?,20+,22-,23-,24-,25-,26-,28-,29?,30?/m0/s1. The Balaban J connectivity index is 2.55. The Kier molecular flexibility index (Phi) is 13.3. The van der Waals surface area contributed by atoms with E-state index in [1.165, 1.54) is 32.7 Å². The third kappa shape index (κ3) is 8.39. The molecule has 2 rings (SSSR count). The highest BCUT2D eigenvalue weighted by atomic mass is 35.5. The Labute approximate surface area is 260 Å². The smallest absolute Gasteiger partial charge is 0.311 e. The van der Waals surface area contributed by atoms with Crippen LogP contribution in [0.1, 0.15) is 74.7 Å². The van der Waals surface area contributed by atoms with Crippen molar-refractivity contribution in [3.8, 4) is 0 Å². The average Bonchev–Trinajstić information content (AvgIpc) is 2.95. The first kappa shape index (κ1) is 38.1. The van der Waals surface area contributed by atoms with Crippen molar-refractivity contribution >= 4 is 23.5 Å². The Morgan fingerprint density at radius 2 is 1.60 bits per heavy atom. The van der Waals surface area contributed by atoms with Crippen LogP contribution in [0, 0.1) is 23.7 Å². The SMILES string of the molecule is CC[C@H]1OC(=O)[C@H](C)[C@@H](O)[C@H](C)[C@H](O[C@@H]2O[C@H](C)CC(N(C)C(=O)CCl)[C@@H]2O)C(C)(O)C[C@H](C)[C@H](O)[C@@H](C)[C@H](O)C1(C)O. The van der Waals surface area contributed by atoms with Crippen LogP contribution < -0.4 is 0 Å². The molecule has 0 aromatic carbocycles. The van der Waals surface area contributed by atoms with Gasteiger partial charge in [-0.3, -0.25) is 9.59 Å². The molecule has 0 aromatic rings. The van der Waals surface area contributed by atoms with Crippen LogP contribution in [0.4, 0.5) is 0 Å². The maximum Gasteiger partial charge on any atom is 0.311 e. The third-order valence-corrected chi connectivity index (χ3v) is 9.88. The Morgan fingerprint density at radius 1 is 1.02 bits per heavy atom. The van der Waals surface area contributed by atoms with Crippen LogP contribution in [0.3, 0.4) is 0 Å². The van der Waals surface area contributed by atoms with Gasteiger partial charge < -0.3 is 49.7 Å². The van der Waals surface area contributed by atoms with Crippen molar-refractivity contribution < 1.29 is 54.4 Å². The van der Waals surface area contributed by atoms with Gasteiger partial charge in [-0.1, -0.05) is 27.7 Å². The molecule has 0 spiro atoms. The summed E-state index contributed by atoms with van der Waals surface area (Å²) in [4.78, 5) is 26.9. The molecule has 2 fully saturated rings. The second kappa shape index (κ2) is 15.0. The minimum absolute atomic E-state index is 0.0858. The van der Waals surface area contributed by atoms with Gasteiger partial charge in [0.1, 0.15) is 23.7 Å². The summed E-state index contributed by atoms with van der Waals surface area (Å²) < 4.78 is 17.8. The summed E-state index contributed by atoms with van der Waals surface area (Å²) in [6.07, 6.45) is -9.27. The lowest BCUT2D eigenvalue weighted by molar-refractivity contribution is -0.299. The summed E-state index contributed by atoms with van der Waals surface area (Å²) in [6.45, 7) is 12.5. The van der Waals surface area contributed by atoms with Crippen molar-refractivity contribution in [2.75, 3.05) is 12.9 Å². The number of cyclic esters (lactones) is 1. The van der Waals surface area contributed by atoms with Crippen LogP contribution in [0.15, 0.2) is 0 Å². The number of likely N-dealkylation sites (N-methyl/N-ethyl adjacent to an activating group) is 1. The number of ether oxygens (including phenoxy) is 3. The number of nitrogens with zero attached hydrogens (tertiary/aromatic N) is 1. The highest BCUT2D eigenvalue weighted by molar-refractivity contribution is 6.27. The molecule has 13 heteroatoms. The second-order valence-corrected chi connectivity index (χ2v) is 13.6. The summed E-state index contributed by atoms with van der Waals surface area (Å²) in [5.41, 5.74) is -3.69. The van der Waals surface area contributed by atoms with E-state index in [-0.39, 0.29) is 18.7 Å². The van der Waals surface area contributed by atoms with Gasteiger partial charge in [-0.25, -0.2) is 0 Å². The third-order valence-electron chi connectivity index (χ3n) is 9.65. The number of esters is 1. The molecule has 15 atom stereocenters. The van der Waals surface area contributed by atoms with Crippen LogP contribution >= 0.6 is 11.6 Å². The number of rotatable bonds is 5. The molecule has 0 aliphatic carbocycles. The molecule has 0 bridgehead atoms. The monoisotopic (exact) mass is 639 g/mol. The molecule has 1 amide bonds. The minimum atomic E-state index is -1.92. The highest BCUT2D eigenvalue weighted by Crippen LogP contribution is 2.38. The summed E-state index contributed by atoms with van der Waals surface area (Å²) in [6, 6.07) is -0.709. The maximum atomic E-state index is 13.2. The van der Waals surface area contributed by atoms with Gasteiger partial charge in [-0.05, 0) is 52.9 Å². The van der Waals surface area contributed by atoms with E-state index in [0.717, 1.165) is 0 Å². The van der Waals surface area contributed by atoms with Crippen LogP contribution in [-0.4, -0.2) is 127 Å². The largest absolute Gasteiger partial charge is 0.459 e. The van der Waals surface area contributed by atoms with Crippen molar-refractivity contribution in [1.82, 2.24) is 4.90 Å². The van der Waals surface area contributed by atoms with Gasteiger partial charge in [0.25, 0.3) is 0 Å². The lowest BCUT2D eigenvalue weighted by atomic mass is 9.73. The van der Waals surface area contributed by atoms with E-state index < -0.39 is 102 Å². The first-order chi connectivity index (χ1) is 19.7. The van der Waals surface area contributed by atoms with Gasteiger partial charge in [-0.15, -0.1) is 11.6 Å². The highest BCUT2D eigenvalue weighted by Gasteiger charge is 2.51. The van der Waals surface area contributed by atoms with Crippen LogP contribution in [0.25, 0.3) is 0 Å². The fraction of sp³-hybridized carbons (Fsp3) is 0.933. The molecular formula is C30H54ClNO11. The number of halogens is 1. The zero-order valence-electron chi connectivity index (χ0n) is 26.9. The fourth-order valence-corrected chi connectivity index (χ4v) is 6.93. The van der Waals surface area contributed by atoms with Gasteiger partial charge in [0.15, 0.2) is 6.29 Å². The van der Waals surface area contributed by atoms with Crippen LogP contribution in [0.5, 0.6) is 0 Å². The summed E-state index contributed by atoms with van der Waals surface area (Å²) >= 11 is 5.74. The number of alkyl halides is 1. The summed E-state index contributed by atoms with van der Waals surface area (Å²) in [5, 5.41) is 68.1. The molecule has 6 N–H and O–H groups in total. The first-order valence-electron chi connectivity index (χ1n) is 15.2. The van der Waals surface area contributed by atoms with Crippen molar-refractivity contribution in [3.63, 3.8) is 0 Å². The van der Waals surface area contributed by atoms with E-state index in [9.17, 15) is 40.2 Å². The zero-order chi connectivity index (χ0) is 33.2. The number of carbonyl (C=O) groups excluding carboxylic acids is 2. The van der Waals surface area contributed by atoms with Gasteiger partial charge in [0.2, 0.25) is 5.91 Å². The molecule has 12 nitrogen and oxygen atoms in total. The van der Waals surface area contributed by atoms with E-state index in [2.05, 4.69) is 0 Å². The molecular weight excluding hydrogens is 586 g/mol. The summed E-state index contributed by atoms with van der Waals surface area (Å²) in [5.74, 6) is -5.14. The second-order valence-electron chi connectivity index (χ2n) is 13.3. The van der Waals surface area contributed by atoms with Gasteiger partial charge in [0, 0.05) is 18.9 Å². The van der Waals surface area contributed by atoms with Crippen LogP contribution in [-0.2, 0) is 23.8 Å². The molecule has 3 unspecified atom stereocenters. The molecule has 0 radical (unpaired) electrons. The lowest BCUT2D eigenvalue weighted by Gasteiger charge is -2.47. The van der Waals surface area contributed by atoms with Gasteiger partial charge in [0.05, 0.1) is 48.1 Å². The molecule has 2 aliphatic rings. The van der Waals surface area contributed by atoms with E-state index in [1.807, 2.05) is 0 Å². The van der Waals surface area contributed by atoms with Crippen molar-refractivity contribution in [3.05, 3.63) is 0 Å². The molecule has 0 saturated carbocycles. The van der Waals surface area contributed by atoms with Crippen LogP contribution in [0.2, 0.25) is 0 Å². The van der Waals surface area contributed by atoms with Crippen molar-refractivity contribution in [2.24, 2.45) is 23.7 Å². The predicted octanol–water partition coefficient (Wildman–Crippen LogP) is 0.788. The summed E-state index contributed by atoms with van der Waals surface area (Å²) in [7, 11) is 1.52. The number of aliphatic hydroxyl groups is 6. The molecule has 2 saturated heterocycles. The number of carbonyl (C=O) groups is 2. The minimum Gasteiger partial charge on any atom is -0.459 e. The molecule has 2 heterocycles. The molecule has 0 aromatic heterocycles. The number of hydrogen-bond donors (Lipinski definition) is 6. The number of hydrogen-bond acceptors (Lipinski definition) is 11. The maximum absolute atomic E-state index is 13.2. The molecule has 2 aliphatic heterocycles. The topological polar surface area (TPSA) is 186 Å². The normalized spacial score (nSPS) is 47.3. The number of amides is 1. The van der Waals surface area contributed by atoms with E-state index in [1.54, 1.807) is 34.6 Å². The zero-order valence-corrected chi connectivity index (χ0v) is 27.6. The average molecular weight is 640 g/mol. The van der Waals surface area contributed by atoms with E-state index >= 15 is 0 Å². The van der Waals surface area contributed by atoms with Crippen molar-refractivity contribution in [1.29, 1.82) is 0 Å². The Bertz CT molecular complexity index is 936. The quantitative estimate of drug-likeness (QED) is 0.184. The molecule has 43 heavy (non-hydrogen) atoms.